The molecule has 0 aromatic heterocycles. The van der Waals surface area contributed by atoms with Crippen LogP contribution in [0.25, 0.3) is 0 Å². The molecule has 2 heteroatoms. The van der Waals surface area contributed by atoms with Gasteiger partial charge in [0, 0.05) is 7.05 Å². The summed E-state index contributed by atoms with van der Waals surface area (Å²) in [5.41, 5.74) is 1.02. The molecule has 0 aromatic carbocycles. The van der Waals surface area contributed by atoms with Crippen LogP contribution in [-0.4, -0.2) is 12.2 Å². The first-order valence-electron chi connectivity index (χ1n) is 2.63. The van der Waals surface area contributed by atoms with Crippen LogP contribution in [0.4, 0.5) is 0 Å². The Labute approximate surface area is 60.7 Å². The molecule has 0 heterocycles. The van der Waals surface area contributed by atoms with Crippen LogP contribution in [0.2, 0.25) is 0 Å². The molecule has 0 bridgehead atoms. The molecule has 0 fully saturated rings. The molecule has 50 valence electrons. The Hall–Kier alpha value is -0.560. The minimum Gasteiger partial charge on any atom is -0.277 e. The lowest BCUT2D eigenvalue weighted by Gasteiger charge is -1.87. The number of nitrogens with zero attached hydrogens (tertiary/aromatic N) is 1. The molecule has 0 N–H and O–H groups in total. The topological polar surface area (TPSA) is 12.4 Å². The van der Waals surface area contributed by atoms with E-state index in [-0.39, 0.29) is 0 Å². The standard InChI is InChI=1S/C7H10ClN/c1-4-6(2)5-7(8)9-3/h4-5H,1H2,2-3H3/b6-5-,9-7?. The lowest BCUT2D eigenvalue weighted by atomic mass is 10.3. The second-order valence-corrected chi connectivity index (χ2v) is 2.03. The van der Waals surface area contributed by atoms with E-state index in [1.807, 2.05) is 6.92 Å². The maximum Gasteiger partial charge on any atom is 0.123 e. The first kappa shape index (κ1) is 8.44. The number of aliphatic imine (C=N–C) groups is 1. The predicted molar refractivity (Wildman–Crippen MR) is 43.2 cm³/mol. The summed E-state index contributed by atoms with van der Waals surface area (Å²) in [5, 5.41) is 0.507. The van der Waals surface area contributed by atoms with Crippen LogP contribution in [-0.2, 0) is 0 Å². The van der Waals surface area contributed by atoms with Gasteiger partial charge in [-0.1, -0.05) is 24.3 Å². The maximum atomic E-state index is 5.56. The molecule has 0 aromatic rings. The third-order valence-corrected chi connectivity index (χ3v) is 1.16. The van der Waals surface area contributed by atoms with Gasteiger partial charge in [0.05, 0.1) is 0 Å². The van der Waals surface area contributed by atoms with Gasteiger partial charge in [0.2, 0.25) is 0 Å². The van der Waals surface area contributed by atoms with E-state index in [4.69, 9.17) is 11.6 Å². The smallest absolute Gasteiger partial charge is 0.123 e. The van der Waals surface area contributed by atoms with E-state index in [0.717, 1.165) is 5.57 Å². The largest absolute Gasteiger partial charge is 0.277 e. The van der Waals surface area contributed by atoms with Crippen molar-refractivity contribution in [1.82, 2.24) is 0 Å². The van der Waals surface area contributed by atoms with E-state index in [1.54, 1.807) is 19.2 Å². The number of rotatable bonds is 2. The first-order valence-corrected chi connectivity index (χ1v) is 3.01. The van der Waals surface area contributed by atoms with Crippen molar-refractivity contribution in [2.24, 2.45) is 4.99 Å². The van der Waals surface area contributed by atoms with Crippen LogP contribution in [0.15, 0.2) is 29.3 Å². The zero-order chi connectivity index (χ0) is 7.28. The summed E-state index contributed by atoms with van der Waals surface area (Å²) in [6.07, 6.45) is 3.49. The predicted octanol–water partition coefficient (Wildman–Crippen LogP) is 2.39. The van der Waals surface area contributed by atoms with E-state index in [9.17, 15) is 0 Å². The van der Waals surface area contributed by atoms with Gasteiger partial charge in [-0.25, -0.2) is 0 Å². The highest BCUT2D eigenvalue weighted by molar-refractivity contribution is 6.68. The average Bonchev–Trinajstić information content (AvgIpc) is 1.87. The van der Waals surface area contributed by atoms with Crippen LogP contribution >= 0.6 is 11.6 Å². The molecule has 0 radical (unpaired) electrons. The fraction of sp³-hybridized carbons (Fsp3) is 0.286. The van der Waals surface area contributed by atoms with Crippen LogP contribution in [0.5, 0.6) is 0 Å². The Balaban J connectivity index is 4.11. The summed E-state index contributed by atoms with van der Waals surface area (Å²) >= 11 is 5.56. The van der Waals surface area contributed by atoms with Gasteiger partial charge in [-0.05, 0) is 18.6 Å². The molecule has 0 spiro atoms. The fourth-order valence-corrected chi connectivity index (χ4v) is 0.483. The van der Waals surface area contributed by atoms with Crippen molar-refractivity contribution in [2.45, 2.75) is 6.92 Å². The zero-order valence-corrected chi connectivity index (χ0v) is 6.44. The lowest BCUT2D eigenvalue weighted by Crippen LogP contribution is -1.79. The molecule has 9 heavy (non-hydrogen) atoms. The Morgan fingerprint density at radius 2 is 2.22 bits per heavy atom. The summed E-state index contributed by atoms with van der Waals surface area (Å²) in [7, 11) is 1.65. The molecule has 0 saturated carbocycles. The minimum atomic E-state index is 0.507. The normalized spacial score (nSPS) is 13.7. The van der Waals surface area contributed by atoms with E-state index in [0.29, 0.717) is 5.17 Å². The highest BCUT2D eigenvalue weighted by Crippen LogP contribution is 1.96. The average molecular weight is 144 g/mol. The molecule has 0 aliphatic rings. The van der Waals surface area contributed by atoms with Crippen molar-refractivity contribution >= 4 is 16.8 Å². The Morgan fingerprint density at radius 1 is 1.67 bits per heavy atom. The maximum absolute atomic E-state index is 5.56. The molecule has 1 nitrogen and oxygen atoms in total. The van der Waals surface area contributed by atoms with Gasteiger partial charge in [-0.2, -0.15) is 0 Å². The van der Waals surface area contributed by atoms with Gasteiger partial charge in [-0.15, -0.1) is 0 Å². The summed E-state index contributed by atoms with van der Waals surface area (Å²) in [4.78, 5) is 3.73. The zero-order valence-electron chi connectivity index (χ0n) is 5.69. The van der Waals surface area contributed by atoms with Crippen molar-refractivity contribution in [2.75, 3.05) is 7.05 Å². The van der Waals surface area contributed by atoms with Gasteiger partial charge in [0.1, 0.15) is 5.17 Å². The van der Waals surface area contributed by atoms with Crippen molar-refractivity contribution in [3.05, 3.63) is 24.3 Å². The second kappa shape index (κ2) is 4.33. The summed E-state index contributed by atoms with van der Waals surface area (Å²) < 4.78 is 0. The number of hydrogen-bond acceptors (Lipinski definition) is 1. The molecule has 0 amide bonds. The number of halogens is 1. The summed E-state index contributed by atoms with van der Waals surface area (Å²) in [5.74, 6) is 0. The molecule has 0 atom stereocenters. The van der Waals surface area contributed by atoms with Gasteiger partial charge in [0.15, 0.2) is 0 Å². The minimum absolute atomic E-state index is 0.507. The summed E-state index contributed by atoms with van der Waals surface area (Å²) in [6.45, 7) is 5.48. The monoisotopic (exact) mass is 143 g/mol. The lowest BCUT2D eigenvalue weighted by molar-refractivity contribution is 1.46. The molecule has 0 aliphatic carbocycles. The first-order chi connectivity index (χ1) is 4.20. The fourth-order valence-electron chi connectivity index (χ4n) is 0.311. The Bertz CT molecular complexity index is 156. The quantitative estimate of drug-likeness (QED) is 0.416. The van der Waals surface area contributed by atoms with Crippen LogP contribution in [0, 0.1) is 0 Å². The highest BCUT2D eigenvalue weighted by Gasteiger charge is 1.83. The van der Waals surface area contributed by atoms with E-state index in [1.165, 1.54) is 0 Å². The second-order valence-electron chi connectivity index (χ2n) is 1.64. The molecular formula is C7H10ClN. The molecular weight excluding hydrogens is 134 g/mol. The third-order valence-electron chi connectivity index (χ3n) is 0.882. The van der Waals surface area contributed by atoms with Crippen LogP contribution in [0.3, 0.4) is 0 Å². The molecule has 0 rings (SSSR count). The SMILES string of the molecule is C=C/C(C)=C\C(Cl)=NC. The Kier molecular flexibility index (Phi) is 4.06. The van der Waals surface area contributed by atoms with Crippen molar-refractivity contribution in [1.29, 1.82) is 0 Å². The molecule has 0 saturated heterocycles. The number of allylic oxidation sites excluding steroid dienone is 3. The van der Waals surface area contributed by atoms with Crippen LogP contribution in [0.1, 0.15) is 6.92 Å². The Morgan fingerprint density at radius 3 is 2.56 bits per heavy atom. The van der Waals surface area contributed by atoms with Crippen molar-refractivity contribution in [3.8, 4) is 0 Å². The van der Waals surface area contributed by atoms with Gasteiger partial charge >= 0.3 is 0 Å². The number of hydrogen-bond donors (Lipinski definition) is 0. The van der Waals surface area contributed by atoms with E-state index in [2.05, 4.69) is 11.6 Å². The summed E-state index contributed by atoms with van der Waals surface area (Å²) in [6, 6.07) is 0. The third kappa shape index (κ3) is 3.98. The van der Waals surface area contributed by atoms with E-state index >= 15 is 0 Å². The van der Waals surface area contributed by atoms with E-state index < -0.39 is 0 Å². The highest BCUT2D eigenvalue weighted by atomic mass is 35.5. The van der Waals surface area contributed by atoms with Gasteiger partial charge < -0.3 is 0 Å². The van der Waals surface area contributed by atoms with Crippen molar-refractivity contribution < 1.29 is 0 Å². The molecule has 0 aliphatic heterocycles. The van der Waals surface area contributed by atoms with Gasteiger partial charge in [-0.3, -0.25) is 4.99 Å². The van der Waals surface area contributed by atoms with Gasteiger partial charge in [0.25, 0.3) is 0 Å². The van der Waals surface area contributed by atoms with Crippen molar-refractivity contribution in [3.63, 3.8) is 0 Å². The molecule has 0 unspecified atom stereocenters. The van der Waals surface area contributed by atoms with Crippen LogP contribution < -0.4 is 0 Å².